The van der Waals surface area contributed by atoms with Crippen molar-refractivity contribution < 1.29 is 13.2 Å². The second-order valence-corrected chi connectivity index (χ2v) is 6.85. The van der Waals surface area contributed by atoms with Gasteiger partial charge in [-0.25, -0.2) is 8.42 Å². The van der Waals surface area contributed by atoms with Crippen molar-refractivity contribution in [2.24, 2.45) is 0 Å². The molecule has 0 radical (unpaired) electrons. The fourth-order valence-corrected chi connectivity index (χ4v) is 2.70. The standard InChI is InChI=1S/C12H11NO3S2/c1-18(15,16)11-4-2-9(3-5-11)12(14)6-10-7-13-8-17-10/h2-5,7-8H,6H2,1H3. The molecule has 0 spiro atoms. The minimum Gasteiger partial charge on any atom is -0.294 e. The van der Waals surface area contributed by atoms with Crippen molar-refractivity contribution in [3.05, 3.63) is 46.4 Å². The van der Waals surface area contributed by atoms with Crippen molar-refractivity contribution in [1.82, 2.24) is 4.98 Å². The fraction of sp³-hybridized carbons (Fsp3) is 0.167. The average molecular weight is 281 g/mol. The molecule has 0 amide bonds. The topological polar surface area (TPSA) is 64.1 Å². The Labute approximate surface area is 109 Å². The van der Waals surface area contributed by atoms with E-state index in [0.29, 0.717) is 12.0 Å². The molecule has 0 fully saturated rings. The molecule has 0 aliphatic rings. The number of ketones is 1. The Bertz CT molecular complexity index is 643. The van der Waals surface area contributed by atoms with Crippen molar-refractivity contribution in [3.63, 3.8) is 0 Å². The quantitative estimate of drug-likeness (QED) is 0.804. The van der Waals surface area contributed by atoms with E-state index < -0.39 is 9.84 Å². The normalized spacial score (nSPS) is 11.4. The van der Waals surface area contributed by atoms with Crippen molar-refractivity contribution in [1.29, 1.82) is 0 Å². The Hall–Kier alpha value is -1.53. The number of sulfone groups is 1. The van der Waals surface area contributed by atoms with Gasteiger partial charge in [-0.05, 0) is 12.1 Å². The Kier molecular flexibility index (Phi) is 3.58. The summed E-state index contributed by atoms with van der Waals surface area (Å²) in [6, 6.07) is 5.99. The van der Waals surface area contributed by atoms with Crippen LogP contribution < -0.4 is 0 Å². The van der Waals surface area contributed by atoms with Crippen LogP contribution in [0.3, 0.4) is 0 Å². The first-order valence-corrected chi connectivity index (χ1v) is 7.94. The number of hydrogen-bond acceptors (Lipinski definition) is 5. The summed E-state index contributed by atoms with van der Waals surface area (Å²) < 4.78 is 22.6. The van der Waals surface area contributed by atoms with Crippen LogP contribution >= 0.6 is 11.3 Å². The third-order valence-electron chi connectivity index (χ3n) is 2.42. The van der Waals surface area contributed by atoms with E-state index in [1.807, 2.05) is 0 Å². The van der Waals surface area contributed by atoms with Crippen LogP contribution in [0.15, 0.2) is 40.9 Å². The minimum absolute atomic E-state index is 0.0423. The van der Waals surface area contributed by atoms with E-state index in [2.05, 4.69) is 4.98 Å². The van der Waals surface area contributed by atoms with Gasteiger partial charge < -0.3 is 0 Å². The summed E-state index contributed by atoms with van der Waals surface area (Å²) in [6.07, 6.45) is 3.09. The highest BCUT2D eigenvalue weighted by atomic mass is 32.2. The number of thiazole rings is 1. The minimum atomic E-state index is -3.21. The second-order valence-electron chi connectivity index (χ2n) is 3.86. The highest BCUT2D eigenvalue weighted by Gasteiger charge is 2.11. The number of Topliss-reactive ketones (excluding diaryl/α,β-unsaturated/α-hetero) is 1. The Morgan fingerprint density at radius 3 is 2.44 bits per heavy atom. The van der Waals surface area contributed by atoms with Crippen molar-refractivity contribution in [3.8, 4) is 0 Å². The molecule has 0 aliphatic carbocycles. The lowest BCUT2D eigenvalue weighted by Gasteiger charge is -2.01. The molecular weight excluding hydrogens is 270 g/mol. The largest absolute Gasteiger partial charge is 0.294 e. The smallest absolute Gasteiger partial charge is 0.175 e. The molecule has 0 aliphatic heterocycles. The summed E-state index contributed by atoms with van der Waals surface area (Å²) in [5.41, 5.74) is 2.19. The molecule has 0 saturated heterocycles. The van der Waals surface area contributed by atoms with Crippen LogP contribution in [0.5, 0.6) is 0 Å². The Balaban J connectivity index is 2.17. The molecule has 6 heteroatoms. The van der Waals surface area contributed by atoms with Gasteiger partial charge in [0.1, 0.15) is 0 Å². The van der Waals surface area contributed by atoms with Gasteiger partial charge >= 0.3 is 0 Å². The van der Waals surface area contributed by atoms with Gasteiger partial charge in [-0.2, -0.15) is 0 Å². The maximum atomic E-state index is 11.9. The van der Waals surface area contributed by atoms with E-state index in [4.69, 9.17) is 0 Å². The lowest BCUT2D eigenvalue weighted by Crippen LogP contribution is -2.03. The van der Waals surface area contributed by atoms with Crippen LogP contribution in [0.25, 0.3) is 0 Å². The SMILES string of the molecule is CS(=O)(=O)c1ccc(C(=O)Cc2cncs2)cc1. The molecule has 4 nitrogen and oxygen atoms in total. The summed E-state index contributed by atoms with van der Waals surface area (Å²) in [4.78, 5) is 16.9. The monoisotopic (exact) mass is 281 g/mol. The van der Waals surface area contributed by atoms with E-state index in [9.17, 15) is 13.2 Å². The molecule has 0 unspecified atom stereocenters. The molecule has 1 aromatic carbocycles. The van der Waals surface area contributed by atoms with Gasteiger partial charge in [0.05, 0.1) is 10.4 Å². The van der Waals surface area contributed by atoms with Crippen molar-refractivity contribution in [2.75, 3.05) is 6.26 Å². The summed E-state index contributed by atoms with van der Waals surface area (Å²) >= 11 is 1.43. The number of benzene rings is 1. The molecule has 18 heavy (non-hydrogen) atoms. The summed E-state index contributed by atoms with van der Waals surface area (Å²) in [5, 5.41) is 0. The van der Waals surface area contributed by atoms with Crippen LogP contribution in [0.1, 0.15) is 15.2 Å². The average Bonchev–Trinajstić information content (AvgIpc) is 2.81. The highest BCUT2D eigenvalue weighted by Crippen LogP contribution is 2.14. The van der Waals surface area contributed by atoms with Crippen molar-refractivity contribution >= 4 is 27.0 Å². The van der Waals surface area contributed by atoms with Gasteiger partial charge in [-0.3, -0.25) is 9.78 Å². The van der Waals surface area contributed by atoms with Gasteiger partial charge in [-0.1, -0.05) is 12.1 Å². The molecular formula is C12H11NO3S2. The number of nitrogens with zero attached hydrogens (tertiary/aromatic N) is 1. The maximum absolute atomic E-state index is 11.9. The fourth-order valence-electron chi connectivity index (χ4n) is 1.48. The molecule has 0 N–H and O–H groups in total. The van der Waals surface area contributed by atoms with Crippen molar-refractivity contribution in [2.45, 2.75) is 11.3 Å². The number of aromatic nitrogens is 1. The van der Waals surface area contributed by atoms with E-state index in [1.54, 1.807) is 23.8 Å². The third kappa shape index (κ3) is 3.02. The Morgan fingerprint density at radius 1 is 1.28 bits per heavy atom. The van der Waals surface area contributed by atoms with Crippen LogP contribution in [-0.4, -0.2) is 25.4 Å². The van der Waals surface area contributed by atoms with E-state index in [0.717, 1.165) is 11.1 Å². The molecule has 0 saturated carbocycles. The van der Waals surface area contributed by atoms with Gasteiger partial charge in [-0.15, -0.1) is 11.3 Å². The van der Waals surface area contributed by atoms with Crippen LogP contribution in [-0.2, 0) is 16.3 Å². The van der Waals surface area contributed by atoms with Gasteiger partial charge in [0, 0.05) is 29.3 Å². The van der Waals surface area contributed by atoms with E-state index in [1.165, 1.54) is 23.5 Å². The first-order valence-electron chi connectivity index (χ1n) is 5.17. The number of carbonyl (C=O) groups is 1. The maximum Gasteiger partial charge on any atom is 0.175 e. The molecule has 94 valence electrons. The van der Waals surface area contributed by atoms with Crippen LogP contribution in [0, 0.1) is 0 Å². The second kappa shape index (κ2) is 4.99. The van der Waals surface area contributed by atoms with E-state index in [-0.39, 0.29) is 10.7 Å². The van der Waals surface area contributed by atoms with Gasteiger partial charge in [0.25, 0.3) is 0 Å². The molecule has 1 aromatic heterocycles. The lowest BCUT2D eigenvalue weighted by atomic mass is 10.1. The van der Waals surface area contributed by atoms with E-state index >= 15 is 0 Å². The number of hydrogen-bond donors (Lipinski definition) is 0. The predicted molar refractivity (Wildman–Crippen MR) is 69.7 cm³/mol. The lowest BCUT2D eigenvalue weighted by molar-refractivity contribution is 0.0993. The number of rotatable bonds is 4. The first kappa shape index (κ1) is 12.9. The number of carbonyl (C=O) groups excluding carboxylic acids is 1. The Morgan fingerprint density at radius 2 is 1.94 bits per heavy atom. The summed E-state index contributed by atoms with van der Waals surface area (Å²) in [7, 11) is -3.21. The zero-order chi connectivity index (χ0) is 13.2. The van der Waals surface area contributed by atoms with Gasteiger partial charge in [0.15, 0.2) is 15.6 Å². The zero-order valence-corrected chi connectivity index (χ0v) is 11.3. The molecule has 1 heterocycles. The molecule has 0 bridgehead atoms. The molecule has 0 atom stereocenters. The third-order valence-corrected chi connectivity index (χ3v) is 4.33. The van der Waals surface area contributed by atoms with Crippen LogP contribution in [0.4, 0.5) is 0 Å². The summed E-state index contributed by atoms with van der Waals surface area (Å²) in [6.45, 7) is 0. The first-order chi connectivity index (χ1) is 8.47. The van der Waals surface area contributed by atoms with Crippen LogP contribution in [0.2, 0.25) is 0 Å². The predicted octanol–water partition coefficient (Wildman–Crippen LogP) is 1.97. The zero-order valence-electron chi connectivity index (χ0n) is 9.66. The summed E-state index contributed by atoms with van der Waals surface area (Å²) in [5.74, 6) is -0.0423. The highest BCUT2D eigenvalue weighted by molar-refractivity contribution is 7.90. The molecule has 2 rings (SSSR count). The molecule has 2 aromatic rings. The van der Waals surface area contributed by atoms with Gasteiger partial charge in [0.2, 0.25) is 0 Å².